The van der Waals surface area contributed by atoms with Gasteiger partial charge in [0, 0.05) is 17.7 Å². The molecule has 0 spiro atoms. The predicted octanol–water partition coefficient (Wildman–Crippen LogP) is 5.43. The highest BCUT2D eigenvalue weighted by Gasteiger charge is 2.31. The Labute approximate surface area is 248 Å². The third-order valence-corrected chi connectivity index (χ3v) is 8.78. The van der Waals surface area contributed by atoms with Crippen molar-refractivity contribution in [3.63, 3.8) is 0 Å². The van der Waals surface area contributed by atoms with Gasteiger partial charge in [0.2, 0.25) is 0 Å². The first-order chi connectivity index (χ1) is 21.0. The highest BCUT2D eigenvalue weighted by Crippen LogP contribution is 2.45. The summed E-state index contributed by atoms with van der Waals surface area (Å²) >= 11 is 0. The van der Waals surface area contributed by atoms with Crippen molar-refractivity contribution in [1.29, 1.82) is 5.26 Å². The number of benzene rings is 3. The monoisotopic (exact) mass is 582 g/mol. The summed E-state index contributed by atoms with van der Waals surface area (Å²) in [7, 11) is 0. The Morgan fingerprint density at radius 3 is 2.65 bits per heavy atom. The van der Waals surface area contributed by atoms with Crippen LogP contribution in [-0.4, -0.2) is 57.9 Å². The quantitative estimate of drug-likeness (QED) is 0.307. The van der Waals surface area contributed by atoms with E-state index in [1.165, 1.54) is 6.07 Å². The molecule has 4 heterocycles. The molecule has 2 atom stereocenters. The lowest BCUT2D eigenvalue weighted by Gasteiger charge is -2.35. The molecule has 0 amide bonds. The molecule has 0 saturated carbocycles. The summed E-state index contributed by atoms with van der Waals surface area (Å²) in [5, 5.41) is 18.6. The molecular formula is C33H31FN4O5. The first-order valence-corrected chi connectivity index (χ1v) is 14.6. The number of carbonyl (C=O) groups is 1. The summed E-state index contributed by atoms with van der Waals surface area (Å²) in [6, 6.07) is 17.4. The molecule has 3 aliphatic rings. The van der Waals surface area contributed by atoms with E-state index in [1.807, 2.05) is 18.2 Å². The van der Waals surface area contributed by atoms with Crippen molar-refractivity contribution in [2.75, 3.05) is 26.3 Å². The molecular weight excluding hydrogens is 551 g/mol. The Balaban J connectivity index is 1.07. The maximum Gasteiger partial charge on any atom is 0.335 e. The van der Waals surface area contributed by atoms with Crippen LogP contribution in [0.25, 0.3) is 11.0 Å². The van der Waals surface area contributed by atoms with Gasteiger partial charge in [0.05, 0.1) is 47.4 Å². The molecule has 43 heavy (non-hydrogen) atoms. The molecule has 2 fully saturated rings. The number of imidazole rings is 1. The van der Waals surface area contributed by atoms with Gasteiger partial charge in [-0.05, 0) is 74.7 Å². The Morgan fingerprint density at radius 1 is 1.09 bits per heavy atom. The lowest BCUT2D eigenvalue weighted by atomic mass is 9.88. The number of aromatic carboxylic acids is 1. The van der Waals surface area contributed by atoms with Crippen molar-refractivity contribution in [3.8, 4) is 17.6 Å². The van der Waals surface area contributed by atoms with Gasteiger partial charge < -0.3 is 23.9 Å². The molecule has 4 aromatic rings. The number of aromatic nitrogens is 2. The number of rotatable bonds is 7. The average Bonchev–Trinajstić information content (AvgIpc) is 3.34. The molecule has 2 saturated heterocycles. The first-order valence-electron chi connectivity index (χ1n) is 14.6. The Bertz CT molecular complexity index is 1740. The van der Waals surface area contributed by atoms with E-state index in [0.29, 0.717) is 30.2 Å². The fourth-order valence-corrected chi connectivity index (χ4v) is 6.31. The average molecular weight is 583 g/mol. The van der Waals surface area contributed by atoms with E-state index >= 15 is 0 Å². The number of nitrogens with zero attached hydrogens (tertiary/aromatic N) is 4. The molecule has 7 rings (SSSR count). The topological polar surface area (TPSA) is 110 Å². The van der Waals surface area contributed by atoms with Gasteiger partial charge in [0.25, 0.3) is 0 Å². The summed E-state index contributed by atoms with van der Waals surface area (Å²) < 4.78 is 35.0. The molecule has 0 radical (unpaired) electrons. The van der Waals surface area contributed by atoms with E-state index in [-0.39, 0.29) is 29.8 Å². The van der Waals surface area contributed by atoms with Crippen LogP contribution in [0.2, 0.25) is 0 Å². The second-order valence-corrected chi connectivity index (χ2v) is 11.4. The smallest absolute Gasteiger partial charge is 0.335 e. The number of ether oxygens (including phenoxy) is 3. The standard InChI is InChI=1S/C33H31FN4O5/c34-26-14-20(16-35)4-6-25(26)30-19-42-29-3-1-2-24(32(29)43-30)21-8-11-37(12-9-21)18-31-36-27-7-5-22(33(39)40)15-28(27)38(31)17-23-10-13-41-23/h1-7,14-15,21,23,30H,8-13,17-19H2,(H,39,40)/t23-,30-/m0/s1. The summed E-state index contributed by atoms with van der Waals surface area (Å²) in [6.07, 6.45) is 2.31. The number of nitriles is 1. The number of likely N-dealkylation sites (tertiary alicyclic amines) is 1. The van der Waals surface area contributed by atoms with E-state index in [4.69, 9.17) is 24.5 Å². The van der Waals surface area contributed by atoms with Crippen LogP contribution in [0.4, 0.5) is 4.39 Å². The second-order valence-electron chi connectivity index (χ2n) is 11.4. The molecule has 0 bridgehead atoms. The van der Waals surface area contributed by atoms with Crippen LogP contribution >= 0.6 is 0 Å². The maximum absolute atomic E-state index is 14.8. The van der Waals surface area contributed by atoms with Gasteiger partial charge in [-0.2, -0.15) is 5.26 Å². The van der Waals surface area contributed by atoms with Crippen molar-refractivity contribution in [3.05, 3.63) is 88.5 Å². The number of hydrogen-bond donors (Lipinski definition) is 1. The molecule has 1 aromatic heterocycles. The van der Waals surface area contributed by atoms with E-state index in [9.17, 15) is 14.3 Å². The molecule has 0 aliphatic carbocycles. The third kappa shape index (κ3) is 5.31. The number of para-hydroxylation sites is 1. The van der Waals surface area contributed by atoms with Crippen LogP contribution in [0.3, 0.4) is 0 Å². The Morgan fingerprint density at radius 2 is 1.93 bits per heavy atom. The molecule has 220 valence electrons. The van der Waals surface area contributed by atoms with Gasteiger partial charge in [-0.25, -0.2) is 14.2 Å². The summed E-state index contributed by atoms with van der Waals surface area (Å²) in [6.45, 7) is 3.96. The van der Waals surface area contributed by atoms with Crippen LogP contribution < -0.4 is 9.47 Å². The van der Waals surface area contributed by atoms with E-state index in [0.717, 1.165) is 61.4 Å². The minimum absolute atomic E-state index is 0.114. The number of carboxylic acids is 1. The number of carboxylic acid groups (broad SMARTS) is 1. The van der Waals surface area contributed by atoms with Gasteiger partial charge in [0.15, 0.2) is 17.6 Å². The van der Waals surface area contributed by atoms with Crippen molar-refractivity contribution in [2.45, 2.75) is 50.5 Å². The van der Waals surface area contributed by atoms with Crippen LogP contribution in [0.1, 0.15) is 64.2 Å². The van der Waals surface area contributed by atoms with E-state index in [1.54, 1.807) is 30.3 Å². The van der Waals surface area contributed by atoms with Crippen molar-refractivity contribution in [2.24, 2.45) is 0 Å². The second kappa shape index (κ2) is 11.3. The number of hydrogen-bond acceptors (Lipinski definition) is 7. The number of fused-ring (bicyclic) bond motifs is 2. The molecule has 0 unspecified atom stereocenters. The lowest BCUT2D eigenvalue weighted by Crippen LogP contribution is -2.35. The minimum Gasteiger partial charge on any atom is -0.485 e. The zero-order valence-electron chi connectivity index (χ0n) is 23.5. The third-order valence-electron chi connectivity index (χ3n) is 8.78. The highest BCUT2D eigenvalue weighted by molar-refractivity contribution is 5.92. The Kier molecular flexibility index (Phi) is 7.21. The van der Waals surface area contributed by atoms with Crippen LogP contribution in [0, 0.1) is 17.1 Å². The summed E-state index contributed by atoms with van der Waals surface area (Å²) in [4.78, 5) is 18.9. The Hall–Kier alpha value is -4.46. The molecule has 10 heteroatoms. The fourth-order valence-electron chi connectivity index (χ4n) is 6.31. The van der Waals surface area contributed by atoms with Crippen LogP contribution in [-0.2, 0) is 17.8 Å². The number of piperidine rings is 1. The highest BCUT2D eigenvalue weighted by atomic mass is 19.1. The van der Waals surface area contributed by atoms with Gasteiger partial charge in [-0.15, -0.1) is 0 Å². The number of halogens is 1. The molecule has 9 nitrogen and oxygen atoms in total. The predicted molar refractivity (Wildman–Crippen MR) is 155 cm³/mol. The van der Waals surface area contributed by atoms with E-state index < -0.39 is 17.9 Å². The molecule has 3 aromatic carbocycles. The molecule has 3 aliphatic heterocycles. The largest absolute Gasteiger partial charge is 0.485 e. The lowest BCUT2D eigenvalue weighted by molar-refractivity contribution is -0.0592. The SMILES string of the molecule is N#Cc1ccc([C@@H]2COc3cccc(C4CCN(Cc5nc6ccc(C(=O)O)cc6n5C[C@@H]5CCO5)CC4)c3O2)c(F)c1. The van der Waals surface area contributed by atoms with Crippen LogP contribution in [0.5, 0.6) is 11.5 Å². The van der Waals surface area contributed by atoms with Gasteiger partial charge in [-0.3, -0.25) is 4.90 Å². The minimum atomic E-state index is -0.955. The van der Waals surface area contributed by atoms with Crippen molar-refractivity contribution < 1.29 is 28.5 Å². The first kappa shape index (κ1) is 27.4. The van der Waals surface area contributed by atoms with Gasteiger partial charge in [-0.1, -0.05) is 18.2 Å². The fraction of sp³-hybridized carbons (Fsp3) is 0.364. The summed E-state index contributed by atoms with van der Waals surface area (Å²) in [5.74, 6) is 1.06. The molecule has 1 N–H and O–H groups in total. The normalized spacial score (nSPS) is 20.5. The van der Waals surface area contributed by atoms with Crippen molar-refractivity contribution >= 4 is 17.0 Å². The summed E-state index contributed by atoms with van der Waals surface area (Å²) in [5.41, 5.74) is 3.56. The van der Waals surface area contributed by atoms with Gasteiger partial charge in [0.1, 0.15) is 18.2 Å². The zero-order valence-corrected chi connectivity index (χ0v) is 23.5. The van der Waals surface area contributed by atoms with E-state index in [2.05, 4.69) is 15.5 Å². The van der Waals surface area contributed by atoms with Crippen LogP contribution in [0.15, 0.2) is 54.6 Å². The van der Waals surface area contributed by atoms with Crippen molar-refractivity contribution in [1.82, 2.24) is 14.5 Å². The maximum atomic E-state index is 14.8. The van der Waals surface area contributed by atoms with Gasteiger partial charge >= 0.3 is 5.97 Å². The zero-order chi connectivity index (χ0) is 29.5.